The molecule has 0 radical (unpaired) electrons. The molecule has 0 aromatic heterocycles. The lowest BCUT2D eigenvalue weighted by Gasteiger charge is -2.41. The van der Waals surface area contributed by atoms with Gasteiger partial charge in [0.15, 0.2) is 6.29 Å². The molecule has 0 aromatic rings. The van der Waals surface area contributed by atoms with Gasteiger partial charge in [-0.2, -0.15) is 8.42 Å². The minimum Gasteiger partial charge on any atom is -0.394 e. The number of aliphatic hydroxyl groups is 4. The maximum Gasteiger partial charge on any atom is 0.397 e. The number of hydrogen-bond acceptors (Lipinski definition) is 10. The van der Waals surface area contributed by atoms with Crippen LogP contribution in [0.3, 0.4) is 0 Å². The SMILES string of the molecule is CCCCCCCCCCCCCCCCCCCCCCCCC/C=C/C(O)C(COC1OC(CO)C(O)C(OS(=O)(=O)O)C1O)NC(=O)CCCCCCCCCCCCCCCCCCCCCCCCCCCCCCCCCCCCCCC. The van der Waals surface area contributed by atoms with Crippen molar-refractivity contribution in [1.29, 1.82) is 0 Å². The van der Waals surface area contributed by atoms with E-state index in [2.05, 4.69) is 23.3 Å². The summed E-state index contributed by atoms with van der Waals surface area (Å²) in [6.07, 6.45) is 76.1. The number of rotatable bonds is 71. The number of ether oxygens (including phenoxy) is 2. The van der Waals surface area contributed by atoms with Crippen LogP contribution in [0, 0.1) is 0 Å². The van der Waals surface area contributed by atoms with E-state index in [-0.39, 0.29) is 18.9 Å². The second kappa shape index (κ2) is 65.5. The fraction of sp³-hybridized carbons (Fsp3) is 0.961. The number of nitrogens with one attached hydrogen (secondary N) is 1. The van der Waals surface area contributed by atoms with Gasteiger partial charge in [0.05, 0.1) is 25.4 Å². The van der Waals surface area contributed by atoms with E-state index in [1.807, 2.05) is 6.08 Å². The normalized spacial score (nSPS) is 17.9. The molecule has 0 aliphatic carbocycles. The summed E-state index contributed by atoms with van der Waals surface area (Å²) in [6, 6.07) is -0.942. The van der Waals surface area contributed by atoms with E-state index in [1.54, 1.807) is 6.08 Å². The van der Waals surface area contributed by atoms with Gasteiger partial charge in [-0.1, -0.05) is 398 Å². The average Bonchev–Trinajstić information content (AvgIpc) is 2.28. The molecule has 1 heterocycles. The van der Waals surface area contributed by atoms with Crippen LogP contribution in [-0.2, 0) is 28.9 Å². The van der Waals surface area contributed by atoms with Crippen LogP contribution in [0.15, 0.2) is 12.2 Å². The Balaban J connectivity index is 2.16. The summed E-state index contributed by atoms with van der Waals surface area (Å²) in [5.41, 5.74) is 0. The molecule has 7 unspecified atom stereocenters. The van der Waals surface area contributed by atoms with E-state index >= 15 is 0 Å². The average molecular weight is 1290 g/mol. The summed E-state index contributed by atoms with van der Waals surface area (Å²) in [5, 5.41) is 45.3. The fourth-order valence-corrected chi connectivity index (χ4v) is 13.6. The first-order valence-corrected chi connectivity index (χ1v) is 40.4. The Labute approximate surface area is 550 Å². The molecule has 1 amide bonds. The Morgan fingerprint density at radius 1 is 0.438 bits per heavy atom. The Hall–Kier alpha value is -1.16. The summed E-state index contributed by atoms with van der Waals surface area (Å²) in [6.45, 7) is 3.48. The number of allylic oxidation sites excluding steroid dienone is 1. The summed E-state index contributed by atoms with van der Waals surface area (Å²) in [4.78, 5) is 13.2. The maximum absolute atomic E-state index is 13.2. The molecule has 0 spiro atoms. The standard InChI is InChI=1S/C76H149NO11S/c1-3-5-7-9-11-13-15-17-19-21-23-25-27-29-30-31-32-33-34-35-36-37-38-39-40-42-44-46-48-50-52-54-56-58-60-62-64-66-72(80)77-69(68-86-76-74(82)75(88-89(83,84)85)73(81)71(67-78)87-76)70(79)65-63-61-59-57-55-53-51-49-47-45-43-41-28-26-24-22-20-18-16-14-12-10-8-6-4-2/h63,65,69-71,73-76,78-79,81-82H,3-62,64,66-68H2,1-2H3,(H,77,80)(H,83,84,85)/b65-63+. The second-order valence-electron chi connectivity index (χ2n) is 27.7. The van der Waals surface area contributed by atoms with E-state index in [1.165, 1.54) is 347 Å². The van der Waals surface area contributed by atoms with Crippen molar-refractivity contribution in [3.05, 3.63) is 12.2 Å². The third kappa shape index (κ3) is 56.9. The van der Waals surface area contributed by atoms with Gasteiger partial charge in [0, 0.05) is 6.42 Å². The number of amides is 1. The predicted octanol–water partition coefficient (Wildman–Crippen LogP) is 21.3. The lowest BCUT2D eigenvalue weighted by molar-refractivity contribution is -0.298. The molecule has 0 aromatic carbocycles. The first-order valence-electron chi connectivity index (χ1n) is 39.1. The molecule has 12 nitrogen and oxygen atoms in total. The van der Waals surface area contributed by atoms with E-state index in [0.717, 1.165) is 38.5 Å². The fourth-order valence-electron chi connectivity index (χ4n) is 13.1. The van der Waals surface area contributed by atoms with Crippen molar-refractivity contribution >= 4 is 16.3 Å². The summed E-state index contributed by atoms with van der Waals surface area (Å²) in [5.74, 6) is -0.251. The molecule has 0 saturated carbocycles. The lowest BCUT2D eigenvalue weighted by atomic mass is 9.99. The highest BCUT2D eigenvalue weighted by atomic mass is 32.3. The van der Waals surface area contributed by atoms with Crippen LogP contribution in [0.4, 0.5) is 0 Å². The zero-order valence-corrected chi connectivity index (χ0v) is 59.4. The van der Waals surface area contributed by atoms with Crippen LogP contribution in [0.2, 0.25) is 0 Å². The Morgan fingerprint density at radius 3 is 0.978 bits per heavy atom. The van der Waals surface area contributed by atoms with Crippen LogP contribution >= 0.6 is 0 Å². The summed E-state index contributed by atoms with van der Waals surface area (Å²) < 4.78 is 48.1. The molecule has 0 bridgehead atoms. The van der Waals surface area contributed by atoms with Crippen molar-refractivity contribution < 1.29 is 51.8 Å². The van der Waals surface area contributed by atoms with E-state index in [0.29, 0.717) is 6.42 Å². The first kappa shape index (κ1) is 85.9. The van der Waals surface area contributed by atoms with Gasteiger partial charge in [-0.3, -0.25) is 9.35 Å². The van der Waals surface area contributed by atoms with Gasteiger partial charge in [0.2, 0.25) is 5.91 Å². The van der Waals surface area contributed by atoms with Gasteiger partial charge < -0.3 is 35.2 Å². The molecule has 6 N–H and O–H groups in total. The molecular formula is C76H149NO11S. The summed E-state index contributed by atoms with van der Waals surface area (Å²) >= 11 is 0. The molecule has 1 aliphatic rings. The van der Waals surface area contributed by atoms with Crippen molar-refractivity contribution in [1.82, 2.24) is 5.32 Å². The van der Waals surface area contributed by atoms with Gasteiger partial charge in [0.1, 0.15) is 24.4 Å². The van der Waals surface area contributed by atoms with Gasteiger partial charge in [-0.05, 0) is 19.3 Å². The number of unbranched alkanes of at least 4 members (excludes halogenated alkanes) is 59. The highest BCUT2D eigenvalue weighted by molar-refractivity contribution is 7.80. The molecular weight excluding hydrogens is 1130 g/mol. The molecule has 7 atom stereocenters. The lowest BCUT2D eigenvalue weighted by Crippen LogP contribution is -2.61. The van der Waals surface area contributed by atoms with Crippen molar-refractivity contribution in [3.63, 3.8) is 0 Å². The highest BCUT2D eigenvalue weighted by Crippen LogP contribution is 2.27. The van der Waals surface area contributed by atoms with Crippen molar-refractivity contribution in [2.24, 2.45) is 0 Å². The third-order valence-electron chi connectivity index (χ3n) is 19.1. The predicted molar refractivity (Wildman–Crippen MR) is 375 cm³/mol. The highest BCUT2D eigenvalue weighted by Gasteiger charge is 2.48. The number of carbonyl (C=O) groups excluding carboxylic acids is 1. The first-order chi connectivity index (χ1) is 43.5. The van der Waals surface area contributed by atoms with Crippen molar-refractivity contribution in [2.45, 2.75) is 455 Å². The van der Waals surface area contributed by atoms with Crippen LogP contribution < -0.4 is 5.32 Å². The van der Waals surface area contributed by atoms with Gasteiger partial charge in [0.25, 0.3) is 0 Å². The third-order valence-corrected chi connectivity index (χ3v) is 19.5. The molecule has 89 heavy (non-hydrogen) atoms. The van der Waals surface area contributed by atoms with Crippen LogP contribution in [0.1, 0.15) is 412 Å². The van der Waals surface area contributed by atoms with E-state index in [9.17, 15) is 38.2 Å². The zero-order valence-electron chi connectivity index (χ0n) is 58.5. The number of carbonyl (C=O) groups is 1. The quantitative estimate of drug-likeness (QED) is 0.0193. The van der Waals surface area contributed by atoms with Crippen molar-refractivity contribution in [2.75, 3.05) is 13.2 Å². The van der Waals surface area contributed by atoms with Gasteiger partial charge in [-0.25, -0.2) is 4.18 Å². The number of hydrogen-bond donors (Lipinski definition) is 6. The molecule has 1 aliphatic heterocycles. The van der Waals surface area contributed by atoms with Gasteiger partial charge >= 0.3 is 10.4 Å². The second-order valence-corrected chi connectivity index (χ2v) is 28.7. The van der Waals surface area contributed by atoms with Crippen LogP contribution in [0.25, 0.3) is 0 Å². The molecule has 530 valence electrons. The molecule has 1 rings (SSSR count). The van der Waals surface area contributed by atoms with E-state index in [4.69, 9.17) is 9.47 Å². The smallest absolute Gasteiger partial charge is 0.394 e. The van der Waals surface area contributed by atoms with Gasteiger partial charge in [-0.15, -0.1) is 0 Å². The van der Waals surface area contributed by atoms with E-state index < -0.39 is 59.9 Å². The Bertz CT molecular complexity index is 1600. The molecule has 1 fully saturated rings. The zero-order chi connectivity index (χ0) is 64.6. The van der Waals surface area contributed by atoms with Crippen molar-refractivity contribution in [3.8, 4) is 0 Å². The number of aliphatic hydroxyl groups excluding tert-OH is 4. The largest absolute Gasteiger partial charge is 0.397 e. The van der Waals surface area contributed by atoms with Crippen LogP contribution in [-0.4, -0.2) is 95.4 Å². The Kier molecular flexibility index (Phi) is 63.2. The monoisotopic (exact) mass is 1280 g/mol. The maximum atomic E-state index is 13.2. The molecule has 1 saturated heterocycles. The Morgan fingerprint density at radius 2 is 0.708 bits per heavy atom. The topological polar surface area (TPSA) is 192 Å². The minimum atomic E-state index is -5.09. The minimum absolute atomic E-state index is 0.251. The molecule has 13 heteroatoms. The summed E-state index contributed by atoms with van der Waals surface area (Å²) in [7, 11) is -5.09. The van der Waals surface area contributed by atoms with Crippen LogP contribution in [0.5, 0.6) is 0 Å².